The summed E-state index contributed by atoms with van der Waals surface area (Å²) in [6, 6.07) is 13.6. The first-order chi connectivity index (χ1) is 14.0. The topological polar surface area (TPSA) is 122 Å². The molecule has 0 radical (unpaired) electrons. The molecule has 0 atom stereocenters. The third-order valence-electron chi connectivity index (χ3n) is 4.48. The number of thioether (sulfide) groups is 1. The lowest BCUT2D eigenvalue weighted by molar-refractivity contribution is -0.384. The maximum absolute atomic E-state index is 12.7. The minimum atomic E-state index is -0.428. The van der Waals surface area contributed by atoms with Crippen LogP contribution in [0.25, 0.3) is 0 Å². The molecule has 9 nitrogen and oxygen atoms in total. The maximum Gasteiger partial charge on any atom is 0.321 e. The third kappa shape index (κ3) is 5.17. The van der Waals surface area contributed by atoms with Crippen LogP contribution in [0.4, 0.5) is 21.9 Å². The number of nitrogens with two attached hydrogens (primary N) is 1. The lowest BCUT2D eigenvalue weighted by Crippen LogP contribution is -2.50. The predicted octanol–water partition coefficient (Wildman–Crippen LogP) is 2.53. The largest absolute Gasteiger partial charge is 0.369 e. The van der Waals surface area contributed by atoms with E-state index < -0.39 is 10.8 Å². The second-order valence-electron chi connectivity index (χ2n) is 6.40. The van der Waals surface area contributed by atoms with Gasteiger partial charge >= 0.3 is 6.03 Å². The third-order valence-corrected chi connectivity index (χ3v) is 5.58. The molecular weight excluding hydrogens is 394 g/mol. The Bertz CT molecular complexity index is 915. The second-order valence-corrected chi connectivity index (χ2v) is 7.42. The summed E-state index contributed by atoms with van der Waals surface area (Å²) in [5.41, 5.74) is 6.43. The summed E-state index contributed by atoms with van der Waals surface area (Å²) in [4.78, 5) is 38.9. The van der Waals surface area contributed by atoms with Gasteiger partial charge in [0.25, 0.3) is 5.69 Å². The van der Waals surface area contributed by atoms with E-state index in [1.54, 1.807) is 35.2 Å². The number of hydrogen-bond acceptors (Lipinski definition) is 6. The number of hydrogen-bond donors (Lipinski definition) is 2. The molecule has 0 bridgehead atoms. The van der Waals surface area contributed by atoms with Crippen molar-refractivity contribution < 1.29 is 14.5 Å². The fourth-order valence-electron chi connectivity index (χ4n) is 3.08. The van der Waals surface area contributed by atoms with Crippen molar-refractivity contribution >= 4 is 40.8 Å². The van der Waals surface area contributed by atoms with Gasteiger partial charge in [0.05, 0.1) is 16.4 Å². The lowest BCUT2D eigenvalue weighted by atomic mass is 10.2. The van der Waals surface area contributed by atoms with E-state index in [1.807, 2.05) is 17.0 Å². The molecule has 0 aromatic heterocycles. The molecule has 29 heavy (non-hydrogen) atoms. The molecule has 0 unspecified atom stereocenters. The summed E-state index contributed by atoms with van der Waals surface area (Å²) in [7, 11) is 0. The molecule has 3 rings (SSSR count). The molecule has 0 saturated carbocycles. The Balaban J connectivity index is 1.62. The Morgan fingerprint density at radius 3 is 2.41 bits per heavy atom. The van der Waals surface area contributed by atoms with E-state index in [4.69, 9.17) is 5.73 Å². The average molecular weight is 415 g/mol. The molecule has 152 valence electrons. The number of benzene rings is 2. The summed E-state index contributed by atoms with van der Waals surface area (Å²) in [6.07, 6.45) is 0. The van der Waals surface area contributed by atoms with Gasteiger partial charge in [-0.2, -0.15) is 0 Å². The number of nitro groups is 1. The normalized spacial score (nSPS) is 13.8. The van der Waals surface area contributed by atoms with Crippen molar-refractivity contribution in [2.24, 2.45) is 5.73 Å². The smallest absolute Gasteiger partial charge is 0.321 e. The number of urea groups is 1. The molecule has 0 spiro atoms. The van der Waals surface area contributed by atoms with E-state index in [9.17, 15) is 19.7 Å². The van der Waals surface area contributed by atoms with Gasteiger partial charge in [0, 0.05) is 37.1 Å². The quantitative estimate of drug-likeness (QED) is 0.425. The number of carbonyl (C=O) groups excluding carboxylic acids is 2. The van der Waals surface area contributed by atoms with Gasteiger partial charge in [-0.25, -0.2) is 4.79 Å². The van der Waals surface area contributed by atoms with Gasteiger partial charge in [0.1, 0.15) is 5.69 Å². The number of para-hydroxylation sites is 3. The van der Waals surface area contributed by atoms with Crippen molar-refractivity contribution in [3.63, 3.8) is 0 Å². The number of anilines is 2. The zero-order valence-corrected chi connectivity index (χ0v) is 16.4. The van der Waals surface area contributed by atoms with E-state index in [0.29, 0.717) is 37.6 Å². The van der Waals surface area contributed by atoms with Crippen molar-refractivity contribution in [1.82, 2.24) is 4.90 Å². The van der Waals surface area contributed by atoms with Gasteiger partial charge in [-0.15, -0.1) is 11.8 Å². The van der Waals surface area contributed by atoms with Crippen molar-refractivity contribution in [3.8, 4) is 0 Å². The fourth-order valence-corrected chi connectivity index (χ4v) is 3.82. The van der Waals surface area contributed by atoms with Crippen molar-refractivity contribution in [3.05, 3.63) is 58.6 Å². The maximum atomic E-state index is 12.7. The van der Waals surface area contributed by atoms with Crippen LogP contribution in [-0.2, 0) is 4.79 Å². The number of amides is 3. The number of carbonyl (C=O) groups is 2. The number of piperazine rings is 1. The van der Waals surface area contributed by atoms with Crippen LogP contribution in [0.5, 0.6) is 0 Å². The van der Waals surface area contributed by atoms with Gasteiger partial charge in [-0.3, -0.25) is 14.9 Å². The van der Waals surface area contributed by atoms with Crippen LogP contribution in [0.2, 0.25) is 0 Å². The molecule has 1 fully saturated rings. The molecule has 0 aliphatic carbocycles. The first kappa shape index (κ1) is 20.5. The summed E-state index contributed by atoms with van der Waals surface area (Å²) < 4.78 is 0. The molecule has 1 aliphatic heterocycles. The molecule has 2 aromatic rings. The summed E-state index contributed by atoms with van der Waals surface area (Å²) in [5.74, 6) is -0.302. The molecule has 3 amide bonds. The van der Waals surface area contributed by atoms with Gasteiger partial charge < -0.3 is 20.9 Å². The molecular formula is C19H21N5O4S. The summed E-state index contributed by atoms with van der Waals surface area (Å²) in [5, 5.41) is 14.1. The van der Waals surface area contributed by atoms with E-state index in [0.717, 1.165) is 4.90 Å². The number of primary amides is 1. The standard InChI is InChI=1S/C19H21N5O4S/c20-18(25)13-29-17-8-4-1-5-14(17)21-19(26)23-11-9-22(10-12-23)15-6-2-3-7-16(15)24(27)28/h1-8H,9-13H2,(H2,20,25)(H,21,26). The Kier molecular flexibility index (Phi) is 6.55. The highest BCUT2D eigenvalue weighted by Gasteiger charge is 2.25. The molecule has 1 aliphatic rings. The van der Waals surface area contributed by atoms with Crippen LogP contribution in [0.1, 0.15) is 0 Å². The number of nitro benzene ring substituents is 1. The van der Waals surface area contributed by atoms with Crippen LogP contribution < -0.4 is 16.0 Å². The van der Waals surface area contributed by atoms with E-state index in [-0.39, 0.29) is 17.5 Å². The molecule has 1 saturated heterocycles. The van der Waals surface area contributed by atoms with E-state index in [1.165, 1.54) is 17.8 Å². The van der Waals surface area contributed by atoms with Crippen LogP contribution in [0.15, 0.2) is 53.4 Å². The minimum absolute atomic E-state index is 0.0609. The number of rotatable bonds is 6. The average Bonchev–Trinajstić information content (AvgIpc) is 2.73. The molecule has 1 heterocycles. The minimum Gasteiger partial charge on any atom is -0.369 e. The molecule has 2 aromatic carbocycles. The van der Waals surface area contributed by atoms with Gasteiger partial charge in [-0.05, 0) is 18.2 Å². The summed E-state index contributed by atoms with van der Waals surface area (Å²) >= 11 is 1.27. The second kappa shape index (κ2) is 9.28. The number of nitrogens with zero attached hydrogens (tertiary/aromatic N) is 3. The highest BCUT2D eigenvalue weighted by Crippen LogP contribution is 2.29. The van der Waals surface area contributed by atoms with Gasteiger partial charge in [-0.1, -0.05) is 24.3 Å². The first-order valence-electron chi connectivity index (χ1n) is 9.00. The van der Waals surface area contributed by atoms with E-state index >= 15 is 0 Å². The Morgan fingerprint density at radius 2 is 1.72 bits per heavy atom. The van der Waals surface area contributed by atoms with E-state index in [2.05, 4.69) is 5.32 Å². The highest BCUT2D eigenvalue weighted by atomic mass is 32.2. The zero-order valence-electron chi connectivity index (χ0n) is 15.6. The number of nitrogens with one attached hydrogen (secondary N) is 1. The Hall–Kier alpha value is -3.27. The zero-order chi connectivity index (χ0) is 20.8. The van der Waals surface area contributed by atoms with Crippen LogP contribution in [-0.4, -0.2) is 53.7 Å². The molecule has 10 heteroatoms. The summed E-state index contributed by atoms with van der Waals surface area (Å²) in [6.45, 7) is 1.87. The predicted molar refractivity (Wildman–Crippen MR) is 112 cm³/mol. The van der Waals surface area contributed by atoms with Crippen molar-refractivity contribution in [2.45, 2.75) is 4.90 Å². The van der Waals surface area contributed by atoms with Gasteiger partial charge in [0.15, 0.2) is 0 Å². The highest BCUT2D eigenvalue weighted by molar-refractivity contribution is 8.00. The fraction of sp³-hybridized carbons (Fsp3) is 0.263. The molecule has 3 N–H and O–H groups in total. The monoisotopic (exact) mass is 415 g/mol. The lowest BCUT2D eigenvalue weighted by Gasteiger charge is -2.35. The van der Waals surface area contributed by atoms with Crippen molar-refractivity contribution in [1.29, 1.82) is 0 Å². The first-order valence-corrected chi connectivity index (χ1v) is 9.98. The van der Waals surface area contributed by atoms with Crippen LogP contribution in [0, 0.1) is 10.1 Å². The van der Waals surface area contributed by atoms with Crippen LogP contribution in [0.3, 0.4) is 0 Å². The van der Waals surface area contributed by atoms with Crippen LogP contribution >= 0.6 is 11.8 Å². The Morgan fingerprint density at radius 1 is 1.07 bits per heavy atom. The van der Waals surface area contributed by atoms with Crippen molar-refractivity contribution in [2.75, 3.05) is 42.1 Å². The SMILES string of the molecule is NC(=O)CSc1ccccc1NC(=O)N1CCN(c2ccccc2[N+](=O)[O-])CC1. The Labute approximate surface area is 172 Å². The van der Waals surface area contributed by atoms with Gasteiger partial charge in [0.2, 0.25) is 5.91 Å².